The van der Waals surface area contributed by atoms with E-state index >= 15 is 0 Å². The molecule has 3 rings (SSSR count). The summed E-state index contributed by atoms with van der Waals surface area (Å²) in [6.45, 7) is -0.651. The van der Waals surface area contributed by atoms with Crippen molar-refractivity contribution in [1.29, 1.82) is 0 Å². The summed E-state index contributed by atoms with van der Waals surface area (Å²) < 4.78 is 9.10. The quantitative estimate of drug-likeness (QED) is 0.455. The Morgan fingerprint density at radius 3 is 2.07 bits per heavy atom. The average molecular weight is 371 g/mol. The third-order valence-corrected chi connectivity index (χ3v) is 3.99. The molecule has 0 atom stereocenters. The number of nitrogens with one attached hydrogen (secondary N) is 1. The summed E-state index contributed by atoms with van der Waals surface area (Å²) >= 11 is 0. The van der Waals surface area contributed by atoms with Crippen molar-refractivity contribution in [1.82, 2.24) is 15.1 Å². The molecule has 138 valence electrons. The first kappa shape index (κ1) is 18.0. The fourth-order valence-corrected chi connectivity index (χ4v) is 2.70. The molecule has 1 aromatic heterocycles. The zero-order valence-corrected chi connectivity index (χ0v) is 14.3. The number of carbonyl (C=O) groups is 5. The summed E-state index contributed by atoms with van der Waals surface area (Å²) in [6, 6.07) is 6.15. The largest absolute Gasteiger partial charge is 0.465 e. The van der Waals surface area contributed by atoms with E-state index in [1.807, 2.05) is 0 Å². The van der Waals surface area contributed by atoms with Crippen molar-refractivity contribution in [2.45, 2.75) is 0 Å². The summed E-state index contributed by atoms with van der Waals surface area (Å²) in [5.41, 5.74) is -0.860. The van der Waals surface area contributed by atoms with Crippen molar-refractivity contribution in [2.75, 3.05) is 20.8 Å². The van der Waals surface area contributed by atoms with Crippen LogP contribution in [0.25, 0.3) is 0 Å². The van der Waals surface area contributed by atoms with E-state index < -0.39 is 47.3 Å². The Kier molecular flexibility index (Phi) is 4.55. The Hall–Kier alpha value is -3.82. The summed E-state index contributed by atoms with van der Waals surface area (Å²) in [4.78, 5) is 61.9. The predicted octanol–water partition coefficient (Wildman–Crippen LogP) is 0.462. The third-order valence-electron chi connectivity index (χ3n) is 3.99. The molecule has 1 N–H and O–H groups in total. The van der Waals surface area contributed by atoms with E-state index in [0.29, 0.717) is 0 Å². The molecule has 2 amide bonds. The highest BCUT2D eigenvalue weighted by atomic mass is 16.5. The van der Waals surface area contributed by atoms with E-state index in [1.165, 1.54) is 12.1 Å². The number of hydrogen-bond donors (Lipinski definition) is 1. The van der Waals surface area contributed by atoms with Gasteiger partial charge in [-0.2, -0.15) is 5.10 Å². The van der Waals surface area contributed by atoms with Gasteiger partial charge in [0.05, 0.1) is 31.9 Å². The molecule has 0 saturated carbocycles. The minimum Gasteiger partial charge on any atom is -0.465 e. The molecule has 0 spiro atoms. The Morgan fingerprint density at radius 1 is 1.00 bits per heavy atom. The number of rotatable bonds is 5. The number of imide groups is 1. The van der Waals surface area contributed by atoms with Crippen LogP contribution in [0.3, 0.4) is 0 Å². The Labute approximate surface area is 152 Å². The zero-order valence-electron chi connectivity index (χ0n) is 14.3. The van der Waals surface area contributed by atoms with Gasteiger partial charge in [-0.15, -0.1) is 0 Å². The van der Waals surface area contributed by atoms with Crippen molar-refractivity contribution in [3.8, 4) is 0 Å². The predicted molar refractivity (Wildman–Crippen MR) is 87.4 cm³/mol. The number of ketones is 1. The molecule has 0 unspecified atom stereocenters. The fourth-order valence-electron chi connectivity index (χ4n) is 2.70. The van der Waals surface area contributed by atoms with Gasteiger partial charge in [0.25, 0.3) is 11.8 Å². The molecule has 10 nitrogen and oxygen atoms in total. The van der Waals surface area contributed by atoms with Crippen molar-refractivity contribution in [3.05, 3.63) is 52.3 Å². The number of Topliss-reactive ketones (excluding diaryl/α,β-unsaturated/α-hetero) is 1. The third kappa shape index (κ3) is 2.86. The van der Waals surface area contributed by atoms with Crippen LogP contribution in [0.2, 0.25) is 0 Å². The van der Waals surface area contributed by atoms with Crippen molar-refractivity contribution >= 4 is 29.5 Å². The van der Waals surface area contributed by atoms with Gasteiger partial charge in [0, 0.05) is 0 Å². The molecule has 1 aromatic carbocycles. The van der Waals surface area contributed by atoms with Crippen molar-refractivity contribution in [3.63, 3.8) is 0 Å². The van der Waals surface area contributed by atoms with Crippen LogP contribution in [-0.4, -0.2) is 65.4 Å². The number of amides is 2. The Balaban J connectivity index is 1.93. The van der Waals surface area contributed by atoms with Gasteiger partial charge in [0.2, 0.25) is 5.78 Å². The lowest BCUT2D eigenvalue weighted by molar-refractivity contribution is 0.0549. The molecule has 0 bridgehead atoms. The molecular weight excluding hydrogens is 358 g/mol. The maximum atomic E-state index is 12.6. The molecule has 0 radical (unpaired) electrons. The number of nitrogens with zero attached hydrogens (tertiary/aromatic N) is 2. The van der Waals surface area contributed by atoms with E-state index in [2.05, 4.69) is 19.7 Å². The Morgan fingerprint density at radius 2 is 1.56 bits per heavy atom. The SMILES string of the molecule is COC(=O)c1[nH]nc(C(=O)CN2C(=O)c3ccccc3C2=O)c1C(=O)OC. The van der Waals surface area contributed by atoms with Crippen LogP contribution >= 0.6 is 0 Å². The number of aromatic nitrogens is 2. The molecule has 0 saturated heterocycles. The number of aromatic amines is 1. The first-order valence-corrected chi connectivity index (χ1v) is 7.64. The molecule has 2 aromatic rings. The molecule has 1 aliphatic rings. The van der Waals surface area contributed by atoms with Crippen LogP contribution < -0.4 is 0 Å². The summed E-state index contributed by atoms with van der Waals surface area (Å²) in [5, 5.41) is 5.92. The second-order valence-corrected chi connectivity index (χ2v) is 5.47. The lowest BCUT2D eigenvalue weighted by atomic mass is 10.1. The second kappa shape index (κ2) is 6.83. The molecule has 27 heavy (non-hydrogen) atoms. The smallest absolute Gasteiger partial charge is 0.357 e. The van der Waals surface area contributed by atoms with Gasteiger partial charge in [-0.3, -0.25) is 24.4 Å². The van der Waals surface area contributed by atoms with Crippen LogP contribution in [0.5, 0.6) is 0 Å². The maximum Gasteiger partial charge on any atom is 0.357 e. The second-order valence-electron chi connectivity index (χ2n) is 5.47. The first-order chi connectivity index (χ1) is 12.9. The molecule has 0 aliphatic carbocycles. The summed E-state index contributed by atoms with van der Waals surface area (Å²) in [7, 11) is 2.15. The summed E-state index contributed by atoms with van der Waals surface area (Å²) in [5.74, 6) is -4.01. The van der Waals surface area contributed by atoms with Crippen molar-refractivity contribution in [2.24, 2.45) is 0 Å². The molecule has 1 aliphatic heterocycles. The highest BCUT2D eigenvalue weighted by molar-refractivity contribution is 6.23. The zero-order chi connectivity index (χ0) is 19.7. The Bertz CT molecular complexity index is 957. The monoisotopic (exact) mass is 371 g/mol. The number of carbonyl (C=O) groups excluding carboxylic acids is 5. The standard InChI is InChI=1S/C17H13N3O7/c1-26-16(24)11-12(18-19-13(11)17(25)27-2)10(21)7-20-14(22)8-5-3-4-6-9(8)15(20)23/h3-6H,7H2,1-2H3,(H,18,19). The minimum absolute atomic E-state index is 0.181. The number of benzene rings is 1. The average Bonchev–Trinajstić information content (AvgIpc) is 3.23. The van der Waals surface area contributed by atoms with E-state index in [9.17, 15) is 24.0 Å². The van der Waals surface area contributed by atoms with E-state index in [-0.39, 0.29) is 16.8 Å². The van der Waals surface area contributed by atoms with Gasteiger partial charge in [-0.25, -0.2) is 9.59 Å². The minimum atomic E-state index is -0.991. The molecule has 10 heteroatoms. The van der Waals surface area contributed by atoms with Crippen molar-refractivity contribution < 1.29 is 33.4 Å². The lowest BCUT2D eigenvalue weighted by Crippen LogP contribution is -2.35. The topological polar surface area (TPSA) is 136 Å². The van der Waals surface area contributed by atoms with Gasteiger partial charge in [-0.1, -0.05) is 12.1 Å². The van der Waals surface area contributed by atoms with Gasteiger partial charge >= 0.3 is 11.9 Å². The van der Waals surface area contributed by atoms with Gasteiger partial charge in [0.1, 0.15) is 11.3 Å². The highest BCUT2D eigenvalue weighted by Gasteiger charge is 2.38. The lowest BCUT2D eigenvalue weighted by Gasteiger charge is -2.12. The highest BCUT2D eigenvalue weighted by Crippen LogP contribution is 2.23. The number of ether oxygens (including phenoxy) is 2. The van der Waals surface area contributed by atoms with Gasteiger partial charge in [0.15, 0.2) is 5.69 Å². The van der Waals surface area contributed by atoms with Crippen LogP contribution in [0.15, 0.2) is 24.3 Å². The number of methoxy groups -OCH3 is 2. The fraction of sp³-hybridized carbons (Fsp3) is 0.176. The number of fused-ring (bicyclic) bond motifs is 1. The van der Waals surface area contributed by atoms with E-state index in [4.69, 9.17) is 0 Å². The molecule has 0 fully saturated rings. The normalized spacial score (nSPS) is 12.7. The van der Waals surface area contributed by atoms with Crippen LogP contribution in [-0.2, 0) is 9.47 Å². The summed E-state index contributed by atoms with van der Waals surface area (Å²) in [6.07, 6.45) is 0. The van der Waals surface area contributed by atoms with Crippen LogP contribution in [0, 0.1) is 0 Å². The van der Waals surface area contributed by atoms with E-state index in [1.54, 1.807) is 12.1 Å². The molecule has 2 heterocycles. The van der Waals surface area contributed by atoms with E-state index in [0.717, 1.165) is 19.1 Å². The van der Waals surface area contributed by atoms with Crippen LogP contribution in [0.1, 0.15) is 52.1 Å². The van der Waals surface area contributed by atoms with Gasteiger partial charge < -0.3 is 9.47 Å². The number of H-pyrrole nitrogens is 1. The number of hydrogen-bond acceptors (Lipinski definition) is 8. The maximum absolute atomic E-state index is 12.6. The number of esters is 2. The first-order valence-electron chi connectivity index (χ1n) is 7.64. The van der Waals surface area contributed by atoms with Gasteiger partial charge in [-0.05, 0) is 12.1 Å². The molecular formula is C17H13N3O7. The van der Waals surface area contributed by atoms with Crippen LogP contribution in [0.4, 0.5) is 0 Å².